The highest BCUT2D eigenvalue weighted by atomic mass is 15.3. The van der Waals surface area contributed by atoms with E-state index in [1.54, 1.807) is 0 Å². The summed E-state index contributed by atoms with van der Waals surface area (Å²) < 4.78 is 0. The van der Waals surface area contributed by atoms with Crippen molar-refractivity contribution >= 4 is 28.5 Å². The summed E-state index contributed by atoms with van der Waals surface area (Å²) in [7, 11) is 0. The van der Waals surface area contributed by atoms with E-state index in [-0.39, 0.29) is 0 Å². The molecule has 144 valence electrons. The molecule has 2 saturated heterocycles. The number of piperazine rings is 1. The van der Waals surface area contributed by atoms with Crippen molar-refractivity contribution in [3.05, 3.63) is 42.6 Å². The van der Waals surface area contributed by atoms with Crippen LogP contribution in [0.25, 0.3) is 11.0 Å². The van der Waals surface area contributed by atoms with Crippen LogP contribution in [0.15, 0.2) is 42.6 Å². The maximum atomic E-state index is 4.77. The molecular formula is C21H25N7. The van der Waals surface area contributed by atoms with Crippen molar-refractivity contribution in [3.63, 3.8) is 0 Å². The van der Waals surface area contributed by atoms with Crippen molar-refractivity contribution < 1.29 is 0 Å². The minimum absolute atomic E-state index is 0.905. The van der Waals surface area contributed by atoms with E-state index in [4.69, 9.17) is 4.98 Å². The van der Waals surface area contributed by atoms with E-state index in [0.717, 1.165) is 67.8 Å². The Morgan fingerprint density at radius 3 is 1.79 bits per heavy atom. The molecule has 7 heteroatoms. The van der Waals surface area contributed by atoms with Gasteiger partial charge < -0.3 is 14.7 Å². The minimum Gasteiger partial charge on any atom is -0.355 e. The lowest BCUT2D eigenvalue weighted by Gasteiger charge is -2.36. The number of hydrogen-bond donors (Lipinski definition) is 0. The summed E-state index contributed by atoms with van der Waals surface area (Å²) in [5, 5.41) is 8.99. The molecule has 5 rings (SSSR count). The number of aromatic nitrogens is 4. The summed E-state index contributed by atoms with van der Waals surface area (Å²) in [6.07, 6.45) is 5.71. The predicted octanol–water partition coefficient (Wildman–Crippen LogP) is 2.74. The average Bonchev–Trinajstić information content (AvgIpc) is 2.80. The Morgan fingerprint density at radius 1 is 0.571 bits per heavy atom. The monoisotopic (exact) mass is 375 g/mol. The second-order valence-corrected chi connectivity index (χ2v) is 7.49. The van der Waals surface area contributed by atoms with Crippen LogP contribution in [0.3, 0.4) is 0 Å². The van der Waals surface area contributed by atoms with Gasteiger partial charge in [0.15, 0.2) is 11.6 Å². The van der Waals surface area contributed by atoms with Gasteiger partial charge in [0.25, 0.3) is 0 Å². The van der Waals surface area contributed by atoms with E-state index < -0.39 is 0 Å². The number of piperidine rings is 1. The van der Waals surface area contributed by atoms with Crippen LogP contribution in [0, 0.1) is 0 Å². The number of nitrogens with zero attached hydrogens (tertiary/aromatic N) is 7. The van der Waals surface area contributed by atoms with Crippen LogP contribution in [0.4, 0.5) is 17.5 Å². The summed E-state index contributed by atoms with van der Waals surface area (Å²) in [5.74, 6) is 2.92. The van der Waals surface area contributed by atoms with Crippen molar-refractivity contribution in [1.29, 1.82) is 0 Å². The van der Waals surface area contributed by atoms with Crippen LogP contribution >= 0.6 is 0 Å². The fourth-order valence-corrected chi connectivity index (χ4v) is 4.04. The second-order valence-electron chi connectivity index (χ2n) is 7.49. The van der Waals surface area contributed by atoms with Gasteiger partial charge in [-0.25, -0.2) is 4.98 Å². The summed E-state index contributed by atoms with van der Waals surface area (Å²) >= 11 is 0. The number of para-hydroxylation sites is 2. The first-order valence-electron chi connectivity index (χ1n) is 10.2. The normalized spacial score (nSPS) is 17.9. The lowest BCUT2D eigenvalue weighted by Crippen LogP contribution is -2.47. The largest absolute Gasteiger partial charge is 0.355 e. The molecule has 0 atom stereocenters. The zero-order chi connectivity index (χ0) is 18.8. The molecular weight excluding hydrogens is 350 g/mol. The van der Waals surface area contributed by atoms with Crippen molar-refractivity contribution in [2.24, 2.45) is 0 Å². The molecule has 2 aliphatic heterocycles. The Hall–Kier alpha value is -2.96. The Labute approximate surface area is 165 Å². The molecule has 0 radical (unpaired) electrons. The molecule has 2 fully saturated rings. The number of rotatable bonds is 3. The summed E-state index contributed by atoms with van der Waals surface area (Å²) in [6, 6.07) is 12.2. The van der Waals surface area contributed by atoms with E-state index in [1.165, 1.54) is 19.3 Å². The molecule has 3 aromatic rings. The van der Waals surface area contributed by atoms with Gasteiger partial charge in [0.2, 0.25) is 0 Å². The van der Waals surface area contributed by atoms with Gasteiger partial charge in [-0.1, -0.05) is 12.1 Å². The number of hydrogen-bond acceptors (Lipinski definition) is 7. The molecule has 0 saturated carbocycles. The van der Waals surface area contributed by atoms with Crippen LogP contribution in [0.5, 0.6) is 0 Å². The molecule has 2 aliphatic rings. The Balaban J connectivity index is 1.23. The predicted molar refractivity (Wildman–Crippen MR) is 112 cm³/mol. The zero-order valence-electron chi connectivity index (χ0n) is 16.0. The highest BCUT2D eigenvalue weighted by molar-refractivity contribution is 5.75. The molecule has 28 heavy (non-hydrogen) atoms. The number of anilines is 3. The Morgan fingerprint density at radius 2 is 1.14 bits per heavy atom. The average molecular weight is 375 g/mol. The molecule has 0 bridgehead atoms. The van der Waals surface area contributed by atoms with Crippen LogP contribution in [0.1, 0.15) is 19.3 Å². The SMILES string of the molecule is c1ccc2nc(N3CCN(c4ccc(N5CCCCC5)nn4)CC3)cnc2c1. The first-order valence-corrected chi connectivity index (χ1v) is 10.2. The van der Waals surface area contributed by atoms with Gasteiger partial charge in [-0.2, -0.15) is 0 Å². The number of fused-ring (bicyclic) bond motifs is 1. The lowest BCUT2D eigenvalue weighted by atomic mass is 10.1. The molecule has 4 heterocycles. The molecule has 2 aromatic heterocycles. The fourth-order valence-electron chi connectivity index (χ4n) is 4.04. The first kappa shape index (κ1) is 17.2. The van der Waals surface area contributed by atoms with E-state index in [9.17, 15) is 0 Å². The van der Waals surface area contributed by atoms with Crippen LogP contribution in [-0.2, 0) is 0 Å². The number of benzene rings is 1. The third kappa shape index (κ3) is 3.44. The van der Waals surface area contributed by atoms with E-state index in [0.29, 0.717) is 0 Å². The Bertz CT molecular complexity index is 929. The quantitative estimate of drug-likeness (QED) is 0.697. The molecule has 0 unspecified atom stereocenters. The standard InChI is InChI=1S/C21H25N7/c1-4-10-26(11-5-1)19-8-9-20(25-24-19)27-12-14-28(15-13-27)21-16-22-17-6-2-3-7-18(17)23-21/h2-3,6-9,16H,1,4-5,10-15H2. The van der Waals surface area contributed by atoms with Crippen LogP contribution in [0.2, 0.25) is 0 Å². The maximum absolute atomic E-state index is 4.77. The molecule has 0 amide bonds. The summed E-state index contributed by atoms with van der Waals surface area (Å²) in [6.45, 7) is 5.82. The first-order chi connectivity index (χ1) is 13.9. The van der Waals surface area contributed by atoms with Gasteiger partial charge >= 0.3 is 0 Å². The van der Waals surface area contributed by atoms with Gasteiger partial charge in [-0.15, -0.1) is 10.2 Å². The third-order valence-corrected chi connectivity index (χ3v) is 5.68. The smallest absolute Gasteiger partial charge is 0.151 e. The van der Waals surface area contributed by atoms with Gasteiger partial charge in [-0.3, -0.25) is 4.98 Å². The summed E-state index contributed by atoms with van der Waals surface area (Å²) in [5.41, 5.74) is 1.88. The van der Waals surface area contributed by atoms with Crippen LogP contribution < -0.4 is 14.7 Å². The van der Waals surface area contributed by atoms with Gasteiger partial charge in [0.05, 0.1) is 17.2 Å². The highest BCUT2D eigenvalue weighted by Crippen LogP contribution is 2.21. The molecule has 0 aliphatic carbocycles. The summed E-state index contributed by atoms with van der Waals surface area (Å²) in [4.78, 5) is 16.3. The van der Waals surface area contributed by atoms with Crippen molar-refractivity contribution in [1.82, 2.24) is 20.2 Å². The topological polar surface area (TPSA) is 61.3 Å². The molecule has 7 nitrogen and oxygen atoms in total. The van der Waals surface area contributed by atoms with Gasteiger partial charge in [-0.05, 0) is 43.5 Å². The molecule has 1 aromatic carbocycles. The minimum atomic E-state index is 0.905. The van der Waals surface area contributed by atoms with E-state index >= 15 is 0 Å². The van der Waals surface area contributed by atoms with Crippen molar-refractivity contribution in [2.45, 2.75) is 19.3 Å². The van der Waals surface area contributed by atoms with Crippen molar-refractivity contribution in [2.75, 3.05) is 54.0 Å². The Kier molecular flexibility index (Phi) is 4.64. The fraction of sp³-hybridized carbons (Fsp3) is 0.429. The molecule has 0 spiro atoms. The molecule has 0 N–H and O–H groups in total. The van der Waals surface area contributed by atoms with Crippen molar-refractivity contribution in [3.8, 4) is 0 Å². The van der Waals surface area contributed by atoms with E-state index in [1.807, 2.05) is 30.5 Å². The zero-order valence-corrected chi connectivity index (χ0v) is 16.0. The van der Waals surface area contributed by atoms with Gasteiger partial charge in [0.1, 0.15) is 5.82 Å². The van der Waals surface area contributed by atoms with Crippen LogP contribution in [-0.4, -0.2) is 59.4 Å². The van der Waals surface area contributed by atoms with Gasteiger partial charge in [0, 0.05) is 39.3 Å². The highest BCUT2D eigenvalue weighted by Gasteiger charge is 2.20. The lowest BCUT2D eigenvalue weighted by molar-refractivity contribution is 0.570. The third-order valence-electron chi connectivity index (χ3n) is 5.68. The maximum Gasteiger partial charge on any atom is 0.151 e. The second kappa shape index (κ2) is 7.58. The van der Waals surface area contributed by atoms with E-state index in [2.05, 4.69) is 42.0 Å².